The highest BCUT2D eigenvalue weighted by Crippen LogP contribution is 2.29. The first-order chi connectivity index (χ1) is 10.7. The largest absolute Gasteiger partial charge is 0.508 e. The molecule has 1 heterocycles. The van der Waals surface area contributed by atoms with Crippen molar-refractivity contribution < 1.29 is 32.6 Å². The number of esters is 1. The van der Waals surface area contributed by atoms with E-state index in [0.29, 0.717) is 5.56 Å². The van der Waals surface area contributed by atoms with Crippen molar-refractivity contribution in [2.24, 2.45) is 0 Å². The molecule has 1 aliphatic heterocycles. The average Bonchev–Trinajstić information content (AvgIpc) is 2.44. The minimum atomic E-state index is -4.65. The SMILES string of the molecule is CC1=C(C(=O)OCC(F)(F)F)[C@H](c2ccc(O)cc2)NC(=O)N1. The smallest absolute Gasteiger partial charge is 0.422 e. The van der Waals surface area contributed by atoms with Crippen molar-refractivity contribution in [3.63, 3.8) is 0 Å². The summed E-state index contributed by atoms with van der Waals surface area (Å²) in [5, 5.41) is 14.0. The number of hydrogen-bond acceptors (Lipinski definition) is 4. The number of carbonyl (C=O) groups is 2. The topological polar surface area (TPSA) is 87.7 Å². The molecule has 2 amide bonds. The molecule has 0 spiro atoms. The van der Waals surface area contributed by atoms with Crippen LogP contribution >= 0.6 is 0 Å². The van der Waals surface area contributed by atoms with E-state index in [1.807, 2.05) is 0 Å². The Balaban J connectivity index is 2.31. The molecule has 2 rings (SSSR count). The first-order valence-electron chi connectivity index (χ1n) is 6.48. The van der Waals surface area contributed by atoms with E-state index < -0.39 is 30.8 Å². The van der Waals surface area contributed by atoms with E-state index in [1.165, 1.54) is 31.2 Å². The number of urea groups is 1. The van der Waals surface area contributed by atoms with Gasteiger partial charge >= 0.3 is 18.2 Å². The third-order valence-corrected chi connectivity index (χ3v) is 3.08. The van der Waals surface area contributed by atoms with Gasteiger partial charge in [-0.05, 0) is 24.6 Å². The van der Waals surface area contributed by atoms with Gasteiger partial charge in [-0.15, -0.1) is 0 Å². The lowest BCUT2D eigenvalue weighted by molar-refractivity contribution is -0.183. The Kier molecular flexibility index (Phi) is 4.48. The van der Waals surface area contributed by atoms with Crippen molar-refractivity contribution in [2.75, 3.05) is 6.61 Å². The van der Waals surface area contributed by atoms with Gasteiger partial charge in [0.05, 0.1) is 11.6 Å². The van der Waals surface area contributed by atoms with Gasteiger partial charge in [0.1, 0.15) is 5.75 Å². The molecular weight excluding hydrogens is 317 g/mol. The summed E-state index contributed by atoms with van der Waals surface area (Å²) in [5.41, 5.74) is 0.370. The van der Waals surface area contributed by atoms with Gasteiger partial charge in [0.2, 0.25) is 0 Å². The van der Waals surface area contributed by atoms with E-state index in [1.54, 1.807) is 0 Å². The molecule has 0 aromatic heterocycles. The van der Waals surface area contributed by atoms with Gasteiger partial charge in [-0.2, -0.15) is 13.2 Å². The van der Waals surface area contributed by atoms with Gasteiger partial charge in [-0.1, -0.05) is 12.1 Å². The molecule has 1 atom stereocenters. The molecule has 1 aromatic rings. The summed E-state index contributed by atoms with van der Waals surface area (Å²) in [6.07, 6.45) is -4.65. The zero-order valence-electron chi connectivity index (χ0n) is 11.9. The highest BCUT2D eigenvalue weighted by Gasteiger charge is 2.35. The Labute approximate surface area is 128 Å². The van der Waals surface area contributed by atoms with E-state index in [0.717, 1.165) is 0 Å². The monoisotopic (exact) mass is 330 g/mol. The molecule has 6 nitrogen and oxygen atoms in total. The number of ether oxygens (including phenoxy) is 1. The molecular formula is C14H13F3N2O4. The van der Waals surface area contributed by atoms with E-state index >= 15 is 0 Å². The molecule has 0 saturated carbocycles. The fraction of sp³-hybridized carbons (Fsp3) is 0.286. The number of phenolic OH excluding ortho intramolecular Hbond substituents is 1. The Bertz CT molecular complexity index is 653. The molecule has 3 N–H and O–H groups in total. The molecule has 23 heavy (non-hydrogen) atoms. The number of rotatable bonds is 3. The lowest BCUT2D eigenvalue weighted by Gasteiger charge is -2.28. The maximum atomic E-state index is 12.2. The molecule has 124 valence electrons. The van der Waals surface area contributed by atoms with Gasteiger partial charge in [-0.3, -0.25) is 0 Å². The minimum Gasteiger partial charge on any atom is -0.508 e. The fourth-order valence-corrected chi connectivity index (χ4v) is 2.11. The zero-order chi connectivity index (χ0) is 17.2. The van der Waals surface area contributed by atoms with Crippen LogP contribution in [0.25, 0.3) is 0 Å². The molecule has 0 aliphatic carbocycles. The predicted molar refractivity (Wildman–Crippen MR) is 72.2 cm³/mol. The number of benzene rings is 1. The normalized spacial score (nSPS) is 18.3. The van der Waals surface area contributed by atoms with Gasteiger partial charge < -0.3 is 20.5 Å². The lowest BCUT2D eigenvalue weighted by Crippen LogP contribution is -2.45. The standard InChI is InChI=1S/C14H13F3N2O4/c1-7-10(12(21)23-6-14(15,16)17)11(19-13(22)18-7)8-2-4-9(20)5-3-8/h2-5,11,20H,6H2,1H3,(H2,18,19,22)/t11-/m0/s1. The third-order valence-electron chi connectivity index (χ3n) is 3.08. The second-order valence-corrected chi connectivity index (χ2v) is 4.85. The average molecular weight is 330 g/mol. The number of phenols is 1. The van der Waals surface area contributed by atoms with Gasteiger partial charge in [0.25, 0.3) is 0 Å². The number of carbonyl (C=O) groups excluding carboxylic acids is 2. The summed E-state index contributed by atoms with van der Waals surface area (Å²) in [7, 11) is 0. The molecule has 0 unspecified atom stereocenters. The second kappa shape index (κ2) is 6.19. The summed E-state index contributed by atoms with van der Waals surface area (Å²) >= 11 is 0. The Hall–Kier alpha value is -2.71. The van der Waals surface area contributed by atoms with Gasteiger partial charge in [0, 0.05) is 5.70 Å². The van der Waals surface area contributed by atoms with Crippen LogP contribution in [-0.4, -0.2) is 29.9 Å². The Morgan fingerprint density at radius 2 is 1.91 bits per heavy atom. The van der Waals surface area contributed by atoms with Crippen molar-refractivity contribution in [2.45, 2.75) is 19.1 Å². The van der Waals surface area contributed by atoms with Crippen LogP contribution < -0.4 is 10.6 Å². The number of alkyl halides is 3. The highest BCUT2D eigenvalue weighted by atomic mass is 19.4. The number of nitrogens with one attached hydrogen (secondary N) is 2. The van der Waals surface area contributed by atoms with Crippen molar-refractivity contribution in [3.8, 4) is 5.75 Å². The predicted octanol–water partition coefficient (Wildman–Crippen LogP) is 2.13. The van der Waals surface area contributed by atoms with Crippen LogP contribution in [-0.2, 0) is 9.53 Å². The number of hydrogen-bond donors (Lipinski definition) is 3. The maximum absolute atomic E-state index is 12.2. The van der Waals surface area contributed by atoms with Crippen molar-refractivity contribution in [3.05, 3.63) is 41.1 Å². The van der Waals surface area contributed by atoms with E-state index in [-0.39, 0.29) is 17.0 Å². The summed E-state index contributed by atoms with van der Waals surface area (Å²) < 4.78 is 40.9. The number of amides is 2. The van der Waals surface area contributed by atoms with Crippen LogP contribution in [0.5, 0.6) is 5.75 Å². The number of aromatic hydroxyl groups is 1. The quantitative estimate of drug-likeness (QED) is 0.741. The van der Waals surface area contributed by atoms with E-state index in [9.17, 15) is 27.9 Å². The molecule has 9 heteroatoms. The van der Waals surface area contributed by atoms with Crippen molar-refractivity contribution in [1.29, 1.82) is 0 Å². The summed E-state index contributed by atoms with van der Waals surface area (Å²) in [4.78, 5) is 23.6. The minimum absolute atomic E-state index is 0.0316. The molecule has 0 saturated heterocycles. The first kappa shape index (κ1) is 16.7. The van der Waals surface area contributed by atoms with Crippen LogP contribution in [0.3, 0.4) is 0 Å². The summed E-state index contributed by atoms with van der Waals surface area (Å²) in [5.74, 6) is -1.22. The Morgan fingerprint density at radius 3 is 2.48 bits per heavy atom. The van der Waals surface area contributed by atoms with Crippen LogP contribution in [0.15, 0.2) is 35.5 Å². The molecule has 0 radical (unpaired) electrons. The number of allylic oxidation sites excluding steroid dienone is 1. The zero-order valence-corrected chi connectivity index (χ0v) is 11.9. The summed E-state index contributed by atoms with van der Waals surface area (Å²) in [6, 6.07) is 3.96. The highest BCUT2D eigenvalue weighted by molar-refractivity contribution is 5.95. The molecule has 1 aromatic carbocycles. The van der Waals surface area contributed by atoms with Gasteiger partial charge in [-0.25, -0.2) is 9.59 Å². The van der Waals surface area contributed by atoms with Crippen molar-refractivity contribution in [1.82, 2.24) is 10.6 Å². The molecule has 0 fully saturated rings. The summed E-state index contributed by atoms with van der Waals surface area (Å²) in [6.45, 7) is -0.338. The van der Waals surface area contributed by atoms with Crippen molar-refractivity contribution >= 4 is 12.0 Å². The van der Waals surface area contributed by atoms with Crippen LogP contribution in [0.1, 0.15) is 18.5 Å². The first-order valence-corrected chi connectivity index (χ1v) is 6.48. The molecule has 0 bridgehead atoms. The number of halogens is 3. The van der Waals surface area contributed by atoms with E-state index in [4.69, 9.17) is 0 Å². The fourth-order valence-electron chi connectivity index (χ4n) is 2.11. The van der Waals surface area contributed by atoms with Gasteiger partial charge in [0.15, 0.2) is 6.61 Å². The van der Waals surface area contributed by atoms with Crippen LogP contribution in [0.4, 0.5) is 18.0 Å². The van der Waals surface area contributed by atoms with Crippen LogP contribution in [0, 0.1) is 0 Å². The molecule has 1 aliphatic rings. The lowest BCUT2D eigenvalue weighted by atomic mass is 9.95. The second-order valence-electron chi connectivity index (χ2n) is 4.85. The van der Waals surface area contributed by atoms with E-state index in [2.05, 4.69) is 15.4 Å². The van der Waals surface area contributed by atoms with Crippen LogP contribution in [0.2, 0.25) is 0 Å². The maximum Gasteiger partial charge on any atom is 0.422 e. The Morgan fingerprint density at radius 1 is 1.30 bits per heavy atom. The third kappa shape index (κ3) is 4.15.